The molecule has 2 aliphatic rings. The third-order valence-corrected chi connectivity index (χ3v) is 6.76. The summed E-state index contributed by atoms with van der Waals surface area (Å²) in [7, 11) is 0. The van der Waals surface area contributed by atoms with Gasteiger partial charge in [-0.1, -0.05) is 12.1 Å². The van der Waals surface area contributed by atoms with Crippen molar-refractivity contribution in [3.05, 3.63) is 71.0 Å². The second-order valence-electron chi connectivity index (χ2n) is 9.16. The van der Waals surface area contributed by atoms with Crippen LogP contribution in [0.4, 0.5) is 4.39 Å². The fourth-order valence-corrected chi connectivity index (χ4v) is 4.79. The van der Waals surface area contributed by atoms with Crippen LogP contribution in [0.25, 0.3) is 27.7 Å². The van der Waals surface area contributed by atoms with Crippen LogP contribution in [-0.2, 0) is 11.2 Å². The number of rotatable bonds is 5. The third kappa shape index (κ3) is 3.76. The number of H-pyrrole nitrogens is 1. The first kappa shape index (κ1) is 20.7. The number of halogens is 1. The van der Waals surface area contributed by atoms with E-state index in [1.165, 1.54) is 17.0 Å². The number of aromatic amines is 1. The van der Waals surface area contributed by atoms with Gasteiger partial charge < -0.3 is 4.90 Å². The van der Waals surface area contributed by atoms with Gasteiger partial charge in [0.2, 0.25) is 5.91 Å². The molecular weight excluding hydrogens is 435 g/mol. The van der Waals surface area contributed by atoms with Crippen molar-refractivity contribution < 1.29 is 9.18 Å². The molecule has 2 fully saturated rings. The van der Waals surface area contributed by atoms with E-state index in [2.05, 4.69) is 20.2 Å². The van der Waals surface area contributed by atoms with Crippen LogP contribution in [0.1, 0.15) is 25.1 Å². The van der Waals surface area contributed by atoms with Crippen molar-refractivity contribution in [2.75, 3.05) is 13.1 Å². The summed E-state index contributed by atoms with van der Waals surface area (Å²) in [6.45, 7) is 1.39. The molecule has 8 nitrogen and oxygen atoms in total. The topological polar surface area (TPSA) is 96.8 Å². The highest BCUT2D eigenvalue weighted by Crippen LogP contribution is 2.33. The molecule has 4 aromatic rings. The quantitative estimate of drug-likeness (QED) is 0.496. The van der Waals surface area contributed by atoms with Gasteiger partial charge in [-0.05, 0) is 60.6 Å². The molecule has 2 aromatic carbocycles. The molecule has 34 heavy (non-hydrogen) atoms. The maximum Gasteiger partial charge on any atom is 0.348 e. The van der Waals surface area contributed by atoms with Crippen molar-refractivity contribution in [1.29, 1.82) is 0 Å². The van der Waals surface area contributed by atoms with E-state index in [9.17, 15) is 9.59 Å². The van der Waals surface area contributed by atoms with Gasteiger partial charge in [0.25, 0.3) is 0 Å². The van der Waals surface area contributed by atoms with E-state index in [4.69, 9.17) is 0 Å². The van der Waals surface area contributed by atoms with E-state index >= 15 is 4.39 Å². The molecule has 1 aliphatic carbocycles. The molecule has 0 spiro atoms. The van der Waals surface area contributed by atoms with E-state index in [1.54, 1.807) is 18.3 Å². The average Bonchev–Trinajstić information content (AvgIpc) is 3.50. The second-order valence-corrected chi connectivity index (χ2v) is 9.16. The van der Waals surface area contributed by atoms with Gasteiger partial charge in [0.15, 0.2) is 0 Å². The summed E-state index contributed by atoms with van der Waals surface area (Å²) in [4.78, 5) is 35.1. The number of nitrogens with one attached hydrogen (secondary N) is 1. The Hall–Kier alpha value is -3.88. The van der Waals surface area contributed by atoms with Crippen molar-refractivity contribution in [3.8, 4) is 16.8 Å². The Labute approximate surface area is 194 Å². The van der Waals surface area contributed by atoms with Gasteiger partial charge in [-0.15, -0.1) is 0 Å². The second kappa shape index (κ2) is 8.16. The predicted molar refractivity (Wildman–Crippen MR) is 124 cm³/mol. The molecule has 0 radical (unpaired) electrons. The van der Waals surface area contributed by atoms with Crippen molar-refractivity contribution in [1.82, 2.24) is 29.6 Å². The number of amides is 1. The van der Waals surface area contributed by atoms with Crippen molar-refractivity contribution in [2.24, 2.45) is 11.8 Å². The summed E-state index contributed by atoms with van der Waals surface area (Å²) in [5.41, 5.74) is 2.02. The first-order valence-electron chi connectivity index (χ1n) is 11.5. The number of hydrogen-bond acceptors (Lipinski definition) is 5. The monoisotopic (exact) mass is 458 g/mol. The van der Waals surface area contributed by atoms with E-state index in [-0.39, 0.29) is 23.4 Å². The van der Waals surface area contributed by atoms with Crippen molar-refractivity contribution in [3.63, 3.8) is 0 Å². The minimum absolute atomic E-state index is 0.158. The van der Waals surface area contributed by atoms with E-state index < -0.39 is 11.5 Å². The van der Waals surface area contributed by atoms with E-state index in [1.807, 2.05) is 23.1 Å². The third-order valence-electron chi connectivity index (χ3n) is 6.76. The Morgan fingerprint density at radius 3 is 2.76 bits per heavy atom. The highest BCUT2D eigenvalue weighted by atomic mass is 19.1. The smallest absolute Gasteiger partial charge is 0.342 e. The Morgan fingerprint density at radius 1 is 1.12 bits per heavy atom. The number of benzene rings is 2. The maximum absolute atomic E-state index is 15.3. The maximum atomic E-state index is 15.3. The van der Waals surface area contributed by atoms with Crippen LogP contribution in [0.2, 0.25) is 0 Å². The predicted octanol–water partition coefficient (Wildman–Crippen LogP) is 3.11. The first-order valence-corrected chi connectivity index (χ1v) is 11.5. The summed E-state index contributed by atoms with van der Waals surface area (Å²) in [6.07, 6.45) is 6.54. The zero-order valence-electron chi connectivity index (χ0n) is 18.4. The summed E-state index contributed by atoms with van der Waals surface area (Å²) in [5.74, 6) is 0.599. The number of aromatic nitrogens is 5. The number of nitrogens with zero attached hydrogens (tertiary/aromatic N) is 5. The summed E-state index contributed by atoms with van der Waals surface area (Å²) in [5, 5.41) is 7.50. The molecule has 1 N–H and O–H groups in total. The minimum atomic E-state index is -0.511. The molecule has 6 rings (SSSR count). The number of fused-ring (bicyclic) bond motifs is 1. The standard InChI is InChI=1S/C25H23FN6O2/c26-20-11-18(17-3-5-21-19(10-17)12-27-14-28-21)4-6-22(20)32-23(29-30-25(32)34)9-15-7-8-31(13-15)24(33)16-1-2-16/h3-6,10-12,14-16H,1-2,7-9,13H2,(H,30,34)/t15-/m0/s1. The molecule has 1 aliphatic heterocycles. The zero-order valence-corrected chi connectivity index (χ0v) is 18.4. The molecule has 0 unspecified atom stereocenters. The molecule has 0 bridgehead atoms. The lowest BCUT2D eigenvalue weighted by atomic mass is 10.0. The summed E-state index contributed by atoms with van der Waals surface area (Å²) in [6, 6.07) is 10.5. The van der Waals surface area contributed by atoms with Gasteiger partial charge in [0.05, 0.1) is 11.2 Å². The molecule has 172 valence electrons. The molecule has 1 saturated carbocycles. The molecule has 3 heterocycles. The van der Waals surface area contributed by atoms with Crippen LogP contribution in [0.15, 0.2) is 53.7 Å². The normalized spacial score (nSPS) is 18.0. The Balaban J connectivity index is 1.26. The largest absolute Gasteiger partial charge is 0.348 e. The Morgan fingerprint density at radius 2 is 1.94 bits per heavy atom. The van der Waals surface area contributed by atoms with Crippen LogP contribution in [0, 0.1) is 17.7 Å². The zero-order chi connectivity index (χ0) is 23.2. The van der Waals surface area contributed by atoms with Gasteiger partial charge >= 0.3 is 5.69 Å². The SMILES string of the molecule is O=C(C1CC1)N1CC[C@@H](Cc2n[nH]c(=O)n2-c2ccc(-c3ccc4ncncc4c3)cc2F)C1. The first-order chi connectivity index (χ1) is 16.6. The van der Waals surface area contributed by atoms with Crippen LogP contribution >= 0.6 is 0 Å². The number of likely N-dealkylation sites (tertiary alicyclic amines) is 1. The number of carbonyl (C=O) groups is 1. The molecule has 1 amide bonds. The van der Waals surface area contributed by atoms with Crippen molar-refractivity contribution in [2.45, 2.75) is 25.7 Å². The van der Waals surface area contributed by atoms with Crippen LogP contribution < -0.4 is 5.69 Å². The molecular formula is C25H23FN6O2. The van der Waals surface area contributed by atoms with Gasteiger partial charge in [-0.2, -0.15) is 5.10 Å². The van der Waals surface area contributed by atoms with Crippen LogP contribution in [0.3, 0.4) is 0 Å². The van der Waals surface area contributed by atoms with E-state index in [0.29, 0.717) is 24.4 Å². The molecule has 2 aromatic heterocycles. The molecule has 1 atom stereocenters. The molecule has 9 heteroatoms. The summed E-state index contributed by atoms with van der Waals surface area (Å²) >= 11 is 0. The van der Waals surface area contributed by atoms with Gasteiger partial charge in [0, 0.05) is 37.0 Å². The Bertz CT molecular complexity index is 1460. The fraction of sp³-hybridized carbons (Fsp3) is 0.320. The average molecular weight is 458 g/mol. The summed E-state index contributed by atoms with van der Waals surface area (Å²) < 4.78 is 16.6. The lowest BCUT2D eigenvalue weighted by Gasteiger charge is -2.16. The highest BCUT2D eigenvalue weighted by Gasteiger charge is 2.37. The van der Waals surface area contributed by atoms with Crippen LogP contribution in [0.5, 0.6) is 0 Å². The fourth-order valence-electron chi connectivity index (χ4n) is 4.79. The van der Waals surface area contributed by atoms with Gasteiger partial charge in [0.1, 0.15) is 18.0 Å². The van der Waals surface area contributed by atoms with Gasteiger partial charge in [-0.25, -0.2) is 28.8 Å². The molecule has 1 saturated heterocycles. The van der Waals surface area contributed by atoms with Crippen molar-refractivity contribution >= 4 is 16.8 Å². The van der Waals surface area contributed by atoms with E-state index in [0.717, 1.165) is 42.3 Å². The number of hydrogen-bond donors (Lipinski definition) is 1. The van der Waals surface area contributed by atoms with Crippen LogP contribution in [-0.4, -0.2) is 48.6 Å². The highest BCUT2D eigenvalue weighted by molar-refractivity contribution is 5.84. The van der Waals surface area contributed by atoms with Gasteiger partial charge in [-0.3, -0.25) is 4.79 Å². The lowest BCUT2D eigenvalue weighted by Crippen LogP contribution is -2.30. The minimum Gasteiger partial charge on any atom is -0.342 e. The lowest BCUT2D eigenvalue weighted by molar-refractivity contribution is -0.131. The Kier molecular flexibility index (Phi) is 4.97. The number of carbonyl (C=O) groups excluding carboxylic acids is 1.